The number of nitrogens with two attached hydrogens (primary N) is 1. The van der Waals surface area contributed by atoms with Gasteiger partial charge in [0.25, 0.3) is 0 Å². The van der Waals surface area contributed by atoms with Gasteiger partial charge in [-0.3, -0.25) is 4.79 Å². The highest BCUT2D eigenvalue weighted by molar-refractivity contribution is 7.80. The maximum atomic E-state index is 11.6. The number of hydrogen-bond donors (Lipinski definition) is 2. The molecule has 1 aromatic rings. The summed E-state index contributed by atoms with van der Waals surface area (Å²) in [4.78, 5) is 13.3. The molecule has 4 heteroatoms. The van der Waals surface area contributed by atoms with E-state index in [2.05, 4.69) is 12.6 Å². The molecule has 1 aliphatic heterocycles. The molecule has 0 bridgehead atoms. The van der Waals surface area contributed by atoms with Gasteiger partial charge >= 0.3 is 0 Å². The van der Waals surface area contributed by atoms with E-state index in [4.69, 9.17) is 5.73 Å². The number of nitrogen functional groups attached to an aromatic ring is 1. The van der Waals surface area contributed by atoms with Gasteiger partial charge in [0.2, 0.25) is 5.91 Å². The van der Waals surface area contributed by atoms with Crippen molar-refractivity contribution in [3.8, 4) is 0 Å². The maximum Gasteiger partial charge on any atom is 0.231 e. The third-order valence-electron chi connectivity index (χ3n) is 2.36. The van der Waals surface area contributed by atoms with Gasteiger partial charge in [0, 0.05) is 23.7 Å². The molecule has 1 aliphatic rings. The Labute approximate surface area is 88.3 Å². The normalized spacial score (nSPS) is 14.6. The van der Waals surface area contributed by atoms with Crippen molar-refractivity contribution < 1.29 is 4.79 Å². The Morgan fingerprint density at radius 3 is 3.00 bits per heavy atom. The van der Waals surface area contributed by atoms with Crippen molar-refractivity contribution >= 4 is 29.9 Å². The Kier molecular flexibility index (Phi) is 2.37. The number of fused-ring (bicyclic) bond motifs is 1. The van der Waals surface area contributed by atoms with Crippen LogP contribution in [0.15, 0.2) is 18.2 Å². The van der Waals surface area contributed by atoms with Crippen molar-refractivity contribution in [1.29, 1.82) is 0 Å². The molecule has 0 aliphatic carbocycles. The molecule has 0 unspecified atom stereocenters. The van der Waals surface area contributed by atoms with Crippen molar-refractivity contribution in [3.63, 3.8) is 0 Å². The molecule has 1 aromatic carbocycles. The van der Waals surface area contributed by atoms with Gasteiger partial charge in [-0.05, 0) is 23.8 Å². The number of carbonyl (C=O) groups excluding carboxylic acids is 1. The first-order chi connectivity index (χ1) is 6.72. The number of benzene rings is 1. The van der Waals surface area contributed by atoms with E-state index < -0.39 is 0 Å². The molecule has 0 atom stereocenters. The van der Waals surface area contributed by atoms with E-state index in [1.807, 2.05) is 18.2 Å². The van der Waals surface area contributed by atoms with Crippen molar-refractivity contribution in [1.82, 2.24) is 0 Å². The summed E-state index contributed by atoms with van der Waals surface area (Å²) in [6.07, 6.45) is 0.466. The molecule has 0 saturated heterocycles. The first kappa shape index (κ1) is 9.40. The SMILES string of the molecule is Nc1ccc2c(c1)CC(=O)N2CCS. The highest BCUT2D eigenvalue weighted by atomic mass is 32.1. The van der Waals surface area contributed by atoms with E-state index in [1.165, 1.54) is 0 Å². The molecule has 0 fully saturated rings. The molecule has 1 heterocycles. The predicted octanol–water partition coefficient (Wildman–Crippen LogP) is 1.09. The quantitative estimate of drug-likeness (QED) is 0.564. The van der Waals surface area contributed by atoms with Crippen LogP contribution in [0.1, 0.15) is 5.56 Å². The lowest BCUT2D eigenvalue weighted by atomic mass is 10.1. The molecule has 0 radical (unpaired) electrons. The van der Waals surface area contributed by atoms with Crippen LogP contribution < -0.4 is 10.6 Å². The topological polar surface area (TPSA) is 46.3 Å². The molecule has 0 saturated carbocycles. The standard InChI is InChI=1S/C10H12N2OS/c11-8-1-2-9-7(5-8)6-10(13)12(9)3-4-14/h1-2,5,14H,3-4,6,11H2. The molecule has 0 spiro atoms. The summed E-state index contributed by atoms with van der Waals surface area (Å²) in [5.41, 5.74) is 8.37. The minimum atomic E-state index is 0.139. The fraction of sp³-hybridized carbons (Fsp3) is 0.300. The van der Waals surface area contributed by atoms with Crippen LogP contribution >= 0.6 is 12.6 Å². The van der Waals surface area contributed by atoms with E-state index in [9.17, 15) is 4.79 Å². The van der Waals surface area contributed by atoms with Gasteiger partial charge < -0.3 is 10.6 Å². The monoisotopic (exact) mass is 208 g/mol. The van der Waals surface area contributed by atoms with Crippen LogP contribution in [0.4, 0.5) is 11.4 Å². The van der Waals surface area contributed by atoms with Gasteiger partial charge in [-0.25, -0.2) is 0 Å². The van der Waals surface area contributed by atoms with Crippen LogP contribution in [0.25, 0.3) is 0 Å². The lowest BCUT2D eigenvalue weighted by Gasteiger charge is -2.15. The number of rotatable bonds is 2. The number of carbonyl (C=O) groups is 1. The van der Waals surface area contributed by atoms with Gasteiger partial charge in [-0.2, -0.15) is 12.6 Å². The highest BCUT2D eigenvalue weighted by Gasteiger charge is 2.26. The Morgan fingerprint density at radius 2 is 2.29 bits per heavy atom. The molecule has 14 heavy (non-hydrogen) atoms. The summed E-state index contributed by atoms with van der Waals surface area (Å²) in [6.45, 7) is 0.666. The van der Waals surface area contributed by atoms with Gasteiger partial charge in [0.15, 0.2) is 0 Å². The molecule has 0 aromatic heterocycles. The first-order valence-corrected chi connectivity index (χ1v) is 5.15. The number of hydrogen-bond acceptors (Lipinski definition) is 3. The van der Waals surface area contributed by atoms with Crippen LogP contribution in [0.5, 0.6) is 0 Å². The second-order valence-corrected chi connectivity index (χ2v) is 3.78. The zero-order valence-corrected chi connectivity index (χ0v) is 8.63. The highest BCUT2D eigenvalue weighted by Crippen LogP contribution is 2.30. The predicted molar refractivity (Wildman–Crippen MR) is 60.8 cm³/mol. The molecule has 74 valence electrons. The fourth-order valence-corrected chi connectivity index (χ4v) is 1.95. The van der Waals surface area contributed by atoms with Crippen LogP contribution in [-0.2, 0) is 11.2 Å². The van der Waals surface area contributed by atoms with Crippen LogP contribution in [0.2, 0.25) is 0 Å². The third-order valence-corrected chi connectivity index (χ3v) is 2.56. The summed E-state index contributed by atoms with van der Waals surface area (Å²) in [5, 5.41) is 0. The van der Waals surface area contributed by atoms with Crippen LogP contribution in [-0.4, -0.2) is 18.2 Å². The Hall–Kier alpha value is -1.16. The Bertz CT molecular complexity index is 378. The fourth-order valence-electron chi connectivity index (χ4n) is 1.75. The Morgan fingerprint density at radius 1 is 1.50 bits per heavy atom. The van der Waals surface area contributed by atoms with E-state index in [0.717, 1.165) is 11.3 Å². The Balaban J connectivity index is 2.37. The summed E-state index contributed by atoms with van der Waals surface area (Å²) in [7, 11) is 0. The molecule has 2 N–H and O–H groups in total. The zero-order valence-electron chi connectivity index (χ0n) is 7.73. The van der Waals surface area contributed by atoms with Crippen molar-refractivity contribution in [3.05, 3.63) is 23.8 Å². The summed E-state index contributed by atoms with van der Waals surface area (Å²) < 4.78 is 0. The van der Waals surface area contributed by atoms with Crippen LogP contribution in [0.3, 0.4) is 0 Å². The number of anilines is 2. The average Bonchev–Trinajstić information content (AvgIpc) is 2.43. The number of amides is 1. The number of thiol groups is 1. The molecule has 2 rings (SSSR count). The van der Waals surface area contributed by atoms with E-state index in [1.54, 1.807) is 4.90 Å². The van der Waals surface area contributed by atoms with Crippen molar-refractivity contribution in [2.45, 2.75) is 6.42 Å². The second kappa shape index (κ2) is 3.53. The maximum absolute atomic E-state index is 11.6. The number of nitrogens with zero attached hydrogens (tertiary/aromatic N) is 1. The van der Waals surface area contributed by atoms with E-state index in [0.29, 0.717) is 24.4 Å². The second-order valence-electron chi connectivity index (χ2n) is 3.33. The molecule has 3 nitrogen and oxygen atoms in total. The smallest absolute Gasteiger partial charge is 0.231 e. The van der Waals surface area contributed by atoms with E-state index >= 15 is 0 Å². The zero-order chi connectivity index (χ0) is 10.1. The molecular formula is C10H12N2OS. The van der Waals surface area contributed by atoms with Crippen molar-refractivity contribution in [2.24, 2.45) is 0 Å². The third kappa shape index (κ3) is 1.46. The largest absolute Gasteiger partial charge is 0.399 e. The summed E-state index contributed by atoms with van der Waals surface area (Å²) in [6, 6.07) is 5.59. The van der Waals surface area contributed by atoms with Gasteiger partial charge in [-0.15, -0.1) is 0 Å². The molecular weight excluding hydrogens is 196 g/mol. The van der Waals surface area contributed by atoms with Crippen molar-refractivity contribution in [2.75, 3.05) is 22.9 Å². The minimum absolute atomic E-state index is 0.139. The first-order valence-electron chi connectivity index (χ1n) is 4.52. The average molecular weight is 208 g/mol. The minimum Gasteiger partial charge on any atom is -0.399 e. The summed E-state index contributed by atoms with van der Waals surface area (Å²) in [5.74, 6) is 0.815. The summed E-state index contributed by atoms with van der Waals surface area (Å²) >= 11 is 4.13. The lowest BCUT2D eigenvalue weighted by Crippen LogP contribution is -2.28. The lowest BCUT2D eigenvalue weighted by molar-refractivity contribution is -0.117. The van der Waals surface area contributed by atoms with Gasteiger partial charge in [0.1, 0.15) is 0 Å². The van der Waals surface area contributed by atoms with Crippen LogP contribution in [0, 0.1) is 0 Å². The van der Waals surface area contributed by atoms with E-state index in [-0.39, 0.29) is 5.91 Å². The van der Waals surface area contributed by atoms with Gasteiger partial charge in [-0.1, -0.05) is 0 Å². The molecule has 1 amide bonds. The van der Waals surface area contributed by atoms with Gasteiger partial charge in [0.05, 0.1) is 6.42 Å².